The standard InChI is InChI=1S/C12H10ClNO/c1-8-7-9(4-5-10(8)13)12-11(15)3-2-6-14-12/h2-7,15H,1H3. The number of hydrogen-bond acceptors (Lipinski definition) is 2. The Balaban J connectivity index is 2.55. The molecule has 0 atom stereocenters. The third kappa shape index (κ3) is 1.95. The lowest BCUT2D eigenvalue weighted by atomic mass is 10.1. The average Bonchev–Trinajstić information content (AvgIpc) is 2.23. The lowest BCUT2D eigenvalue weighted by molar-refractivity contribution is 0.475. The van der Waals surface area contributed by atoms with Crippen molar-refractivity contribution < 1.29 is 5.11 Å². The van der Waals surface area contributed by atoms with Crippen LogP contribution in [0.15, 0.2) is 36.5 Å². The third-order valence-electron chi connectivity index (χ3n) is 2.22. The van der Waals surface area contributed by atoms with E-state index in [1.165, 1.54) is 0 Å². The Kier molecular flexibility index (Phi) is 2.60. The molecule has 3 heteroatoms. The van der Waals surface area contributed by atoms with E-state index in [0.717, 1.165) is 11.1 Å². The van der Waals surface area contributed by atoms with Crippen molar-refractivity contribution in [3.8, 4) is 17.0 Å². The van der Waals surface area contributed by atoms with Gasteiger partial charge < -0.3 is 5.11 Å². The minimum atomic E-state index is 0.180. The van der Waals surface area contributed by atoms with Crippen molar-refractivity contribution in [2.45, 2.75) is 6.92 Å². The zero-order valence-electron chi connectivity index (χ0n) is 8.24. The Hall–Kier alpha value is -1.54. The molecule has 1 N–H and O–H groups in total. The van der Waals surface area contributed by atoms with E-state index >= 15 is 0 Å². The Morgan fingerprint density at radius 2 is 2.07 bits per heavy atom. The van der Waals surface area contributed by atoms with Gasteiger partial charge in [-0.1, -0.05) is 17.7 Å². The first-order chi connectivity index (χ1) is 7.18. The van der Waals surface area contributed by atoms with Gasteiger partial charge in [0.15, 0.2) is 0 Å². The second-order valence-electron chi connectivity index (χ2n) is 3.34. The molecule has 1 aromatic heterocycles. The number of aryl methyl sites for hydroxylation is 1. The Labute approximate surface area is 93.2 Å². The first-order valence-electron chi connectivity index (χ1n) is 4.59. The van der Waals surface area contributed by atoms with Crippen molar-refractivity contribution in [3.05, 3.63) is 47.1 Å². The van der Waals surface area contributed by atoms with Crippen LogP contribution >= 0.6 is 11.6 Å². The molecule has 0 aliphatic rings. The van der Waals surface area contributed by atoms with Crippen molar-refractivity contribution in [3.63, 3.8) is 0 Å². The van der Waals surface area contributed by atoms with E-state index in [1.54, 1.807) is 24.4 Å². The molecule has 2 rings (SSSR count). The van der Waals surface area contributed by atoms with Gasteiger partial charge in [0.25, 0.3) is 0 Å². The Morgan fingerprint density at radius 3 is 2.73 bits per heavy atom. The minimum absolute atomic E-state index is 0.180. The summed E-state index contributed by atoms with van der Waals surface area (Å²) in [5, 5.41) is 10.3. The summed E-state index contributed by atoms with van der Waals surface area (Å²) in [7, 11) is 0. The van der Waals surface area contributed by atoms with Crippen LogP contribution in [0, 0.1) is 6.92 Å². The lowest BCUT2D eigenvalue weighted by Crippen LogP contribution is -1.85. The predicted molar refractivity (Wildman–Crippen MR) is 61.1 cm³/mol. The van der Waals surface area contributed by atoms with Gasteiger partial charge in [-0.25, -0.2) is 0 Å². The first-order valence-corrected chi connectivity index (χ1v) is 4.97. The SMILES string of the molecule is Cc1cc(-c2ncccc2O)ccc1Cl. The van der Waals surface area contributed by atoms with Gasteiger partial charge in [0.2, 0.25) is 0 Å². The number of pyridine rings is 1. The molecule has 15 heavy (non-hydrogen) atoms. The third-order valence-corrected chi connectivity index (χ3v) is 2.64. The molecule has 2 aromatic rings. The van der Waals surface area contributed by atoms with Crippen LogP contribution in [0.1, 0.15) is 5.56 Å². The van der Waals surface area contributed by atoms with Crippen LogP contribution in [0.2, 0.25) is 5.02 Å². The van der Waals surface area contributed by atoms with Gasteiger partial charge in [-0.05, 0) is 36.8 Å². The van der Waals surface area contributed by atoms with E-state index in [9.17, 15) is 5.11 Å². The summed E-state index contributed by atoms with van der Waals surface area (Å²) in [6.07, 6.45) is 1.65. The van der Waals surface area contributed by atoms with Crippen molar-refractivity contribution in [2.24, 2.45) is 0 Å². The van der Waals surface area contributed by atoms with Crippen molar-refractivity contribution in [1.29, 1.82) is 0 Å². The van der Waals surface area contributed by atoms with Crippen LogP contribution in [0.3, 0.4) is 0 Å². The summed E-state index contributed by atoms with van der Waals surface area (Å²) in [4.78, 5) is 4.13. The van der Waals surface area contributed by atoms with Gasteiger partial charge >= 0.3 is 0 Å². The number of aromatic hydroxyl groups is 1. The fourth-order valence-electron chi connectivity index (χ4n) is 1.41. The average molecular weight is 220 g/mol. The van der Waals surface area contributed by atoms with E-state index in [-0.39, 0.29) is 5.75 Å². The molecule has 0 unspecified atom stereocenters. The normalized spacial score (nSPS) is 10.3. The summed E-state index contributed by atoms with van der Waals surface area (Å²) in [5.41, 5.74) is 2.42. The van der Waals surface area contributed by atoms with E-state index in [0.29, 0.717) is 10.7 Å². The molecule has 0 amide bonds. The van der Waals surface area contributed by atoms with Gasteiger partial charge in [-0.15, -0.1) is 0 Å². The molecule has 0 fully saturated rings. The van der Waals surface area contributed by atoms with E-state index in [2.05, 4.69) is 4.98 Å². The molecule has 0 aliphatic heterocycles. The summed E-state index contributed by atoms with van der Waals surface area (Å²) < 4.78 is 0. The van der Waals surface area contributed by atoms with Crippen molar-refractivity contribution in [1.82, 2.24) is 4.98 Å². The molecule has 0 spiro atoms. The Bertz CT molecular complexity index is 497. The van der Waals surface area contributed by atoms with E-state index in [1.807, 2.05) is 19.1 Å². The highest BCUT2D eigenvalue weighted by Gasteiger charge is 2.05. The van der Waals surface area contributed by atoms with Crippen LogP contribution in [0.25, 0.3) is 11.3 Å². The minimum Gasteiger partial charge on any atom is -0.506 e. The van der Waals surface area contributed by atoms with Gasteiger partial charge in [0.05, 0.1) is 0 Å². The van der Waals surface area contributed by atoms with Crippen LogP contribution < -0.4 is 0 Å². The zero-order chi connectivity index (χ0) is 10.8. The molecule has 0 bridgehead atoms. The maximum atomic E-state index is 9.63. The van der Waals surface area contributed by atoms with Gasteiger partial charge in [0.1, 0.15) is 11.4 Å². The second kappa shape index (κ2) is 3.91. The smallest absolute Gasteiger partial charge is 0.141 e. The highest BCUT2D eigenvalue weighted by Crippen LogP contribution is 2.28. The first kappa shape index (κ1) is 9.99. The van der Waals surface area contributed by atoms with Gasteiger partial charge in [-0.2, -0.15) is 0 Å². The summed E-state index contributed by atoms with van der Waals surface area (Å²) in [6.45, 7) is 1.92. The van der Waals surface area contributed by atoms with Crippen LogP contribution in [0.5, 0.6) is 5.75 Å². The van der Waals surface area contributed by atoms with Crippen LogP contribution in [-0.2, 0) is 0 Å². The maximum Gasteiger partial charge on any atom is 0.141 e. The molecular weight excluding hydrogens is 210 g/mol. The summed E-state index contributed by atoms with van der Waals surface area (Å²) in [6, 6.07) is 8.87. The monoisotopic (exact) mass is 219 g/mol. The summed E-state index contributed by atoms with van der Waals surface area (Å²) in [5.74, 6) is 0.180. The molecule has 0 saturated carbocycles. The number of aromatic nitrogens is 1. The maximum absolute atomic E-state index is 9.63. The molecular formula is C12H10ClNO. The van der Waals surface area contributed by atoms with Gasteiger partial charge in [-0.3, -0.25) is 4.98 Å². The number of rotatable bonds is 1. The highest BCUT2D eigenvalue weighted by atomic mass is 35.5. The Morgan fingerprint density at radius 1 is 1.27 bits per heavy atom. The predicted octanol–water partition coefficient (Wildman–Crippen LogP) is 3.42. The number of benzene rings is 1. The molecule has 1 heterocycles. The van der Waals surface area contributed by atoms with E-state index in [4.69, 9.17) is 11.6 Å². The fourth-order valence-corrected chi connectivity index (χ4v) is 1.53. The molecule has 0 radical (unpaired) electrons. The van der Waals surface area contributed by atoms with E-state index < -0.39 is 0 Å². The molecule has 1 aromatic carbocycles. The van der Waals surface area contributed by atoms with Gasteiger partial charge in [0, 0.05) is 16.8 Å². The quantitative estimate of drug-likeness (QED) is 0.797. The molecule has 76 valence electrons. The number of nitrogens with zero attached hydrogens (tertiary/aromatic N) is 1. The van der Waals surface area contributed by atoms with Crippen molar-refractivity contribution >= 4 is 11.6 Å². The number of halogens is 1. The largest absolute Gasteiger partial charge is 0.506 e. The van der Waals surface area contributed by atoms with Crippen LogP contribution in [0.4, 0.5) is 0 Å². The summed E-state index contributed by atoms with van der Waals surface area (Å²) >= 11 is 5.92. The fraction of sp³-hybridized carbons (Fsp3) is 0.0833. The highest BCUT2D eigenvalue weighted by molar-refractivity contribution is 6.31. The molecule has 2 nitrogen and oxygen atoms in total. The molecule has 0 aliphatic carbocycles. The molecule has 0 saturated heterocycles. The zero-order valence-corrected chi connectivity index (χ0v) is 8.99. The number of hydrogen-bond donors (Lipinski definition) is 1. The second-order valence-corrected chi connectivity index (χ2v) is 3.74. The topological polar surface area (TPSA) is 33.1 Å². The lowest BCUT2D eigenvalue weighted by Gasteiger charge is -2.05. The van der Waals surface area contributed by atoms with Crippen molar-refractivity contribution in [2.75, 3.05) is 0 Å². The van der Waals surface area contributed by atoms with Crippen LogP contribution in [-0.4, -0.2) is 10.1 Å².